The summed E-state index contributed by atoms with van der Waals surface area (Å²) in [6.07, 6.45) is 5.14. The van der Waals surface area contributed by atoms with Crippen molar-refractivity contribution in [1.29, 1.82) is 0 Å². The number of anilines is 2. The summed E-state index contributed by atoms with van der Waals surface area (Å²) in [6, 6.07) is 3.24. The number of nitrogens with one attached hydrogen (secondary N) is 3. The van der Waals surface area contributed by atoms with E-state index in [1.807, 2.05) is 14.1 Å². The number of hydrogen-bond donors (Lipinski definition) is 4. The lowest BCUT2D eigenvalue weighted by atomic mass is 10.3. The SMILES string of the molecule is CN(C)CCCNC(=O)c1cc(NC(=O)c2cc(NC(=O)CCCN)cn2C)cn1C. The van der Waals surface area contributed by atoms with Crippen molar-refractivity contribution in [3.05, 3.63) is 35.9 Å². The quantitative estimate of drug-likeness (QED) is 0.395. The zero-order chi connectivity index (χ0) is 23.0. The van der Waals surface area contributed by atoms with E-state index in [9.17, 15) is 14.4 Å². The largest absolute Gasteiger partial charge is 0.351 e. The summed E-state index contributed by atoms with van der Waals surface area (Å²) in [5.41, 5.74) is 7.31. The molecule has 0 radical (unpaired) electrons. The second-order valence-electron chi connectivity index (χ2n) is 7.76. The van der Waals surface area contributed by atoms with Crippen molar-refractivity contribution >= 4 is 29.1 Å². The van der Waals surface area contributed by atoms with Gasteiger partial charge in [-0.2, -0.15) is 0 Å². The third kappa shape index (κ3) is 7.26. The van der Waals surface area contributed by atoms with Crippen LogP contribution in [0.2, 0.25) is 0 Å². The summed E-state index contributed by atoms with van der Waals surface area (Å²) in [7, 11) is 7.45. The van der Waals surface area contributed by atoms with Crippen LogP contribution in [-0.2, 0) is 18.9 Å². The Morgan fingerprint density at radius 2 is 1.52 bits per heavy atom. The lowest BCUT2D eigenvalue weighted by molar-refractivity contribution is -0.116. The lowest BCUT2D eigenvalue weighted by Gasteiger charge is -2.10. The van der Waals surface area contributed by atoms with Crippen LogP contribution < -0.4 is 21.7 Å². The van der Waals surface area contributed by atoms with E-state index in [2.05, 4.69) is 20.9 Å². The van der Waals surface area contributed by atoms with Crippen molar-refractivity contribution in [1.82, 2.24) is 19.4 Å². The van der Waals surface area contributed by atoms with Crippen molar-refractivity contribution in [2.24, 2.45) is 19.8 Å². The van der Waals surface area contributed by atoms with E-state index in [4.69, 9.17) is 5.73 Å². The van der Waals surface area contributed by atoms with Gasteiger partial charge in [-0.25, -0.2) is 0 Å². The molecule has 0 aliphatic rings. The van der Waals surface area contributed by atoms with E-state index in [-0.39, 0.29) is 17.7 Å². The summed E-state index contributed by atoms with van der Waals surface area (Å²) in [5.74, 6) is -0.677. The summed E-state index contributed by atoms with van der Waals surface area (Å²) in [4.78, 5) is 39.0. The molecule has 0 atom stereocenters. The zero-order valence-corrected chi connectivity index (χ0v) is 18.7. The van der Waals surface area contributed by atoms with Crippen molar-refractivity contribution in [3.8, 4) is 0 Å². The van der Waals surface area contributed by atoms with Crippen LogP contribution in [0, 0.1) is 0 Å². The van der Waals surface area contributed by atoms with Gasteiger partial charge in [0.2, 0.25) is 5.91 Å². The standard InChI is InChI=1S/C21H33N7O3/c1-26(2)10-6-9-23-20(30)17-12-16(14-27(17)3)25-21(31)18-11-15(13-28(18)4)24-19(29)7-5-8-22/h11-14H,5-10,22H2,1-4H3,(H,23,30)(H,24,29)(H,25,31). The molecule has 10 nitrogen and oxygen atoms in total. The molecule has 5 N–H and O–H groups in total. The maximum absolute atomic E-state index is 12.7. The first-order valence-corrected chi connectivity index (χ1v) is 10.3. The molecule has 0 fully saturated rings. The van der Waals surface area contributed by atoms with Gasteiger partial charge in [-0.05, 0) is 52.2 Å². The molecule has 3 amide bonds. The van der Waals surface area contributed by atoms with Gasteiger partial charge in [0, 0.05) is 39.5 Å². The van der Waals surface area contributed by atoms with E-state index < -0.39 is 0 Å². The Balaban J connectivity index is 1.97. The number of amides is 3. The number of rotatable bonds is 11. The minimum absolute atomic E-state index is 0.146. The highest BCUT2D eigenvalue weighted by Crippen LogP contribution is 2.17. The van der Waals surface area contributed by atoms with Gasteiger partial charge in [0.1, 0.15) is 11.4 Å². The molecule has 0 aliphatic heterocycles. The fraction of sp³-hybridized carbons (Fsp3) is 0.476. The summed E-state index contributed by atoms with van der Waals surface area (Å²) >= 11 is 0. The summed E-state index contributed by atoms with van der Waals surface area (Å²) in [6.45, 7) is 1.91. The van der Waals surface area contributed by atoms with Crippen molar-refractivity contribution < 1.29 is 14.4 Å². The topological polar surface area (TPSA) is 126 Å². The zero-order valence-electron chi connectivity index (χ0n) is 18.7. The maximum Gasteiger partial charge on any atom is 0.272 e. The van der Waals surface area contributed by atoms with Crippen LogP contribution in [0.1, 0.15) is 40.2 Å². The predicted molar refractivity (Wildman–Crippen MR) is 121 cm³/mol. The van der Waals surface area contributed by atoms with Crippen LogP contribution in [0.4, 0.5) is 11.4 Å². The van der Waals surface area contributed by atoms with E-state index >= 15 is 0 Å². The summed E-state index contributed by atoms with van der Waals surface area (Å²) < 4.78 is 3.31. The molecule has 0 bridgehead atoms. The summed E-state index contributed by atoms with van der Waals surface area (Å²) in [5, 5.41) is 8.45. The number of nitrogens with two attached hydrogens (primary N) is 1. The number of nitrogens with zero attached hydrogens (tertiary/aromatic N) is 3. The van der Waals surface area contributed by atoms with E-state index in [0.717, 1.165) is 13.0 Å². The fourth-order valence-electron chi connectivity index (χ4n) is 3.09. The molecular weight excluding hydrogens is 398 g/mol. The van der Waals surface area contributed by atoms with Crippen LogP contribution in [0.5, 0.6) is 0 Å². The number of carbonyl (C=O) groups excluding carboxylic acids is 3. The first kappa shape index (κ1) is 24.2. The van der Waals surface area contributed by atoms with Crippen molar-refractivity contribution in [2.75, 3.05) is 44.4 Å². The lowest BCUT2D eigenvalue weighted by Crippen LogP contribution is -2.28. The molecule has 0 aromatic carbocycles. The minimum Gasteiger partial charge on any atom is -0.351 e. The Hall–Kier alpha value is -3.11. The molecule has 2 rings (SSSR count). The van der Waals surface area contributed by atoms with Crippen LogP contribution in [0.15, 0.2) is 24.5 Å². The van der Waals surface area contributed by atoms with E-state index in [1.165, 1.54) is 0 Å². The normalized spacial score (nSPS) is 10.9. The molecule has 2 aromatic rings. The molecule has 10 heteroatoms. The Bertz CT molecular complexity index is 914. The van der Waals surface area contributed by atoms with Gasteiger partial charge in [-0.1, -0.05) is 0 Å². The van der Waals surface area contributed by atoms with Gasteiger partial charge in [0.05, 0.1) is 11.4 Å². The third-order valence-electron chi connectivity index (χ3n) is 4.69. The Morgan fingerprint density at radius 3 is 2.10 bits per heavy atom. The van der Waals surface area contributed by atoms with Gasteiger partial charge >= 0.3 is 0 Å². The number of hydrogen-bond acceptors (Lipinski definition) is 5. The van der Waals surface area contributed by atoms with Crippen LogP contribution >= 0.6 is 0 Å². The van der Waals surface area contributed by atoms with Gasteiger partial charge in [0.15, 0.2) is 0 Å². The molecule has 31 heavy (non-hydrogen) atoms. The molecule has 0 aliphatic carbocycles. The maximum atomic E-state index is 12.7. The van der Waals surface area contributed by atoms with Crippen LogP contribution in [0.25, 0.3) is 0 Å². The molecule has 0 unspecified atom stereocenters. The number of carbonyl (C=O) groups is 3. The number of aryl methyl sites for hydroxylation is 2. The number of aromatic nitrogens is 2. The molecular formula is C21H33N7O3. The average molecular weight is 432 g/mol. The van der Waals surface area contributed by atoms with E-state index in [1.54, 1.807) is 47.8 Å². The second kappa shape index (κ2) is 11.3. The molecule has 0 spiro atoms. The predicted octanol–water partition coefficient (Wildman–Crippen LogP) is 0.975. The highest BCUT2D eigenvalue weighted by atomic mass is 16.2. The average Bonchev–Trinajstić information content (AvgIpc) is 3.25. The fourth-order valence-corrected chi connectivity index (χ4v) is 3.09. The van der Waals surface area contributed by atoms with Crippen molar-refractivity contribution in [2.45, 2.75) is 19.3 Å². The Morgan fingerprint density at radius 1 is 0.935 bits per heavy atom. The third-order valence-corrected chi connectivity index (χ3v) is 4.69. The minimum atomic E-state index is -0.339. The van der Waals surface area contributed by atoms with Crippen molar-refractivity contribution in [3.63, 3.8) is 0 Å². The second-order valence-corrected chi connectivity index (χ2v) is 7.76. The Labute approximate surface area is 182 Å². The molecule has 0 saturated heterocycles. The van der Waals surface area contributed by atoms with Gasteiger partial charge in [0.25, 0.3) is 11.8 Å². The van der Waals surface area contributed by atoms with Crippen LogP contribution in [0.3, 0.4) is 0 Å². The smallest absolute Gasteiger partial charge is 0.272 e. The van der Waals surface area contributed by atoms with Gasteiger partial charge in [-0.15, -0.1) is 0 Å². The molecule has 0 saturated carbocycles. The molecule has 2 aromatic heterocycles. The highest BCUT2D eigenvalue weighted by molar-refractivity contribution is 6.05. The molecule has 170 valence electrons. The Kier molecular flexibility index (Phi) is 8.83. The highest BCUT2D eigenvalue weighted by Gasteiger charge is 2.16. The van der Waals surface area contributed by atoms with E-state index in [0.29, 0.717) is 48.7 Å². The first-order chi connectivity index (χ1) is 14.7. The van der Waals surface area contributed by atoms with Gasteiger partial charge < -0.3 is 35.7 Å². The van der Waals surface area contributed by atoms with Gasteiger partial charge in [-0.3, -0.25) is 14.4 Å². The molecule has 2 heterocycles. The van der Waals surface area contributed by atoms with Crippen LogP contribution in [-0.4, -0.2) is 65.5 Å². The first-order valence-electron chi connectivity index (χ1n) is 10.3. The monoisotopic (exact) mass is 431 g/mol.